The normalized spacial score (nSPS) is 17.5. The van der Waals surface area contributed by atoms with Crippen LogP contribution < -0.4 is 0 Å². The Morgan fingerprint density at radius 1 is 1.24 bits per heavy atom. The molecule has 0 spiro atoms. The molecule has 1 aliphatic heterocycles. The Kier molecular flexibility index (Phi) is 3.45. The van der Waals surface area contributed by atoms with Crippen LogP contribution in [0.5, 0.6) is 0 Å². The Hall–Kier alpha value is -1.72. The number of para-hydroxylation sites is 2. The van der Waals surface area contributed by atoms with Crippen LogP contribution in [-0.4, -0.2) is 32.9 Å². The molecule has 4 nitrogen and oxygen atoms in total. The van der Waals surface area contributed by atoms with E-state index >= 15 is 0 Å². The van der Waals surface area contributed by atoms with E-state index in [0.29, 0.717) is 5.92 Å². The van der Waals surface area contributed by atoms with Gasteiger partial charge in [-0.1, -0.05) is 12.1 Å². The number of nitrogens with zero attached hydrogens (tertiary/aromatic N) is 3. The van der Waals surface area contributed by atoms with Crippen molar-refractivity contribution in [1.29, 1.82) is 0 Å². The van der Waals surface area contributed by atoms with Gasteiger partial charge in [-0.3, -0.25) is 9.88 Å². The lowest BCUT2D eigenvalue weighted by Crippen LogP contribution is -2.32. The van der Waals surface area contributed by atoms with Gasteiger partial charge in [0.05, 0.1) is 16.5 Å². The topological polar surface area (TPSA) is 44.8 Å². The Morgan fingerprint density at radius 2 is 2.10 bits per heavy atom. The van der Waals surface area contributed by atoms with Gasteiger partial charge < -0.3 is 4.98 Å². The first-order valence-corrected chi connectivity index (χ1v) is 8.31. The third-order valence-electron chi connectivity index (χ3n) is 4.24. The number of fused-ring (bicyclic) bond motifs is 1. The van der Waals surface area contributed by atoms with Crippen LogP contribution in [0.1, 0.15) is 29.5 Å². The van der Waals surface area contributed by atoms with Crippen LogP contribution in [0.2, 0.25) is 0 Å². The van der Waals surface area contributed by atoms with E-state index in [1.807, 2.05) is 17.8 Å². The lowest BCUT2D eigenvalue weighted by Gasteiger charge is -2.30. The highest BCUT2D eigenvalue weighted by Crippen LogP contribution is 2.28. The minimum atomic E-state index is 0.565. The summed E-state index contributed by atoms with van der Waals surface area (Å²) >= 11 is 1.75. The van der Waals surface area contributed by atoms with Gasteiger partial charge in [0.15, 0.2) is 0 Å². The molecular formula is C16H18N4S. The van der Waals surface area contributed by atoms with E-state index in [4.69, 9.17) is 4.98 Å². The van der Waals surface area contributed by atoms with Gasteiger partial charge >= 0.3 is 0 Å². The number of likely N-dealkylation sites (tertiary alicyclic amines) is 1. The Bertz CT molecular complexity index is 678. The zero-order valence-electron chi connectivity index (χ0n) is 11.8. The maximum Gasteiger partial charge on any atom is 0.110 e. The van der Waals surface area contributed by atoms with Crippen molar-refractivity contribution in [1.82, 2.24) is 19.9 Å². The minimum Gasteiger partial charge on any atom is -0.342 e. The molecule has 4 rings (SSSR count). The van der Waals surface area contributed by atoms with E-state index in [0.717, 1.165) is 36.5 Å². The third-order valence-corrected chi connectivity index (χ3v) is 5.01. The van der Waals surface area contributed by atoms with Crippen molar-refractivity contribution in [3.63, 3.8) is 0 Å². The number of rotatable bonds is 3. The molecule has 0 radical (unpaired) electrons. The molecule has 0 amide bonds. The van der Waals surface area contributed by atoms with Crippen LogP contribution >= 0.6 is 11.3 Å². The van der Waals surface area contributed by atoms with Crippen molar-refractivity contribution < 1.29 is 0 Å². The fraction of sp³-hybridized carbons (Fsp3) is 0.375. The fourth-order valence-corrected chi connectivity index (χ4v) is 3.71. The SMILES string of the molecule is c1ccc2[nH]c(C3CCN(Cc4cncs4)CC3)nc2c1. The highest BCUT2D eigenvalue weighted by atomic mass is 32.1. The van der Waals surface area contributed by atoms with Crippen LogP contribution in [0.4, 0.5) is 0 Å². The molecule has 0 atom stereocenters. The van der Waals surface area contributed by atoms with Crippen molar-refractivity contribution in [2.24, 2.45) is 0 Å². The van der Waals surface area contributed by atoms with E-state index < -0.39 is 0 Å². The van der Waals surface area contributed by atoms with Gasteiger partial charge in [0.25, 0.3) is 0 Å². The Balaban J connectivity index is 1.42. The molecular weight excluding hydrogens is 280 g/mol. The van der Waals surface area contributed by atoms with E-state index in [1.54, 1.807) is 11.3 Å². The summed E-state index contributed by atoms with van der Waals surface area (Å²) in [7, 11) is 0. The molecule has 2 aromatic heterocycles. The number of nitrogens with one attached hydrogen (secondary N) is 1. The molecule has 3 heterocycles. The molecule has 1 N–H and O–H groups in total. The molecule has 1 aliphatic rings. The molecule has 1 aromatic carbocycles. The zero-order chi connectivity index (χ0) is 14.1. The summed E-state index contributed by atoms with van der Waals surface area (Å²) in [6.45, 7) is 3.32. The second-order valence-corrected chi connectivity index (χ2v) is 6.63. The number of H-pyrrole nitrogens is 1. The molecule has 21 heavy (non-hydrogen) atoms. The van der Waals surface area contributed by atoms with Gasteiger partial charge in [-0.2, -0.15) is 0 Å². The summed E-state index contributed by atoms with van der Waals surface area (Å²) in [5.41, 5.74) is 4.15. The van der Waals surface area contributed by atoms with Crippen molar-refractivity contribution in [3.05, 3.63) is 46.7 Å². The number of hydrogen-bond donors (Lipinski definition) is 1. The number of imidazole rings is 1. The van der Waals surface area contributed by atoms with Crippen molar-refractivity contribution >= 4 is 22.4 Å². The zero-order valence-corrected chi connectivity index (χ0v) is 12.6. The lowest BCUT2D eigenvalue weighted by molar-refractivity contribution is 0.203. The molecule has 3 aromatic rings. The van der Waals surface area contributed by atoms with Gasteiger partial charge in [-0.25, -0.2) is 4.98 Å². The van der Waals surface area contributed by atoms with Crippen molar-refractivity contribution in [3.8, 4) is 0 Å². The number of piperidine rings is 1. The smallest absolute Gasteiger partial charge is 0.110 e. The van der Waals surface area contributed by atoms with E-state index in [-0.39, 0.29) is 0 Å². The van der Waals surface area contributed by atoms with Crippen LogP contribution in [0, 0.1) is 0 Å². The van der Waals surface area contributed by atoms with E-state index in [9.17, 15) is 0 Å². The van der Waals surface area contributed by atoms with Crippen LogP contribution in [0.25, 0.3) is 11.0 Å². The van der Waals surface area contributed by atoms with Crippen LogP contribution in [0.15, 0.2) is 36.0 Å². The predicted molar refractivity (Wildman–Crippen MR) is 85.5 cm³/mol. The maximum atomic E-state index is 4.76. The van der Waals surface area contributed by atoms with Crippen molar-refractivity contribution in [2.45, 2.75) is 25.3 Å². The molecule has 108 valence electrons. The quantitative estimate of drug-likeness (QED) is 0.806. The predicted octanol–water partition coefficient (Wildman–Crippen LogP) is 3.40. The lowest BCUT2D eigenvalue weighted by atomic mass is 9.96. The fourth-order valence-electron chi connectivity index (χ4n) is 3.07. The number of hydrogen-bond acceptors (Lipinski definition) is 4. The first kappa shape index (κ1) is 13.0. The molecule has 1 fully saturated rings. The van der Waals surface area contributed by atoms with Gasteiger partial charge in [0.2, 0.25) is 0 Å². The highest BCUT2D eigenvalue weighted by Gasteiger charge is 2.23. The first-order chi connectivity index (χ1) is 10.4. The summed E-state index contributed by atoms with van der Waals surface area (Å²) < 4.78 is 0. The Morgan fingerprint density at radius 3 is 2.86 bits per heavy atom. The summed E-state index contributed by atoms with van der Waals surface area (Å²) in [6, 6.07) is 8.28. The number of benzene rings is 1. The van der Waals surface area contributed by atoms with Gasteiger partial charge in [0, 0.05) is 23.5 Å². The largest absolute Gasteiger partial charge is 0.342 e. The van der Waals surface area contributed by atoms with E-state index in [1.165, 1.54) is 17.7 Å². The van der Waals surface area contributed by atoms with Crippen molar-refractivity contribution in [2.75, 3.05) is 13.1 Å². The number of thiazole rings is 1. The van der Waals surface area contributed by atoms with Gasteiger partial charge in [0.1, 0.15) is 5.82 Å². The standard InChI is InChI=1S/C16H18N4S/c1-2-4-15-14(3-1)18-16(19-15)12-5-7-20(8-6-12)10-13-9-17-11-21-13/h1-4,9,11-12H,5-8,10H2,(H,18,19). The average Bonchev–Trinajstić information content (AvgIpc) is 3.16. The van der Waals surface area contributed by atoms with E-state index in [2.05, 4.69) is 33.1 Å². The van der Waals surface area contributed by atoms with Gasteiger partial charge in [-0.15, -0.1) is 11.3 Å². The molecule has 0 aliphatic carbocycles. The second-order valence-electron chi connectivity index (χ2n) is 5.66. The summed E-state index contributed by atoms with van der Waals surface area (Å²) in [5, 5.41) is 0. The third kappa shape index (κ3) is 2.71. The second kappa shape index (κ2) is 5.58. The molecule has 0 bridgehead atoms. The monoisotopic (exact) mass is 298 g/mol. The average molecular weight is 298 g/mol. The number of aromatic amines is 1. The van der Waals surface area contributed by atoms with Crippen LogP contribution in [0.3, 0.4) is 0 Å². The summed E-state index contributed by atoms with van der Waals surface area (Å²) in [4.78, 5) is 16.3. The molecule has 0 unspecified atom stereocenters. The molecule has 1 saturated heterocycles. The summed E-state index contributed by atoms with van der Waals surface area (Å²) in [6.07, 6.45) is 4.34. The minimum absolute atomic E-state index is 0.565. The van der Waals surface area contributed by atoms with Gasteiger partial charge in [-0.05, 0) is 38.1 Å². The maximum absolute atomic E-state index is 4.76. The molecule has 5 heteroatoms. The molecule has 0 saturated carbocycles. The van der Waals surface area contributed by atoms with Crippen LogP contribution in [-0.2, 0) is 6.54 Å². The number of aromatic nitrogens is 3. The summed E-state index contributed by atoms with van der Waals surface area (Å²) in [5.74, 6) is 1.73. The highest BCUT2D eigenvalue weighted by molar-refractivity contribution is 7.09. The Labute approximate surface area is 127 Å². The first-order valence-electron chi connectivity index (χ1n) is 7.43.